The largest absolute Gasteiger partial charge is 0.279 e. The van der Waals surface area contributed by atoms with Gasteiger partial charge in [-0.15, -0.1) is 11.3 Å². The Morgan fingerprint density at radius 2 is 1.81 bits per heavy atom. The van der Waals surface area contributed by atoms with Crippen molar-refractivity contribution < 1.29 is 8.42 Å². The SMILES string of the molecule is O=S(=O)(c1cccs1)n1c(SCc2ccc(Cl)cc2)nc2ccccc21. The summed E-state index contributed by atoms with van der Waals surface area (Å²) in [5.41, 5.74) is 2.29. The minimum atomic E-state index is -3.69. The van der Waals surface area contributed by atoms with Crippen LogP contribution in [-0.2, 0) is 15.8 Å². The maximum Gasteiger partial charge on any atom is 0.279 e. The number of thiophene rings is 1. The first-order valence-corrected chi connectivity index (χ1v) is 11.4. The van der Waals surface area contributed by atoms with Gasteiger partial charge in [-0.2, -0.15) is 8.42 Å². The lowest BCUT2D eigenvalue weighted by Crippen LogP contribution is -2.12. The molecule has 0 saturated carbocycles. The molecule has 8 heteroatoms. The van der Waals surface area contributed by atoms with Gasteiger partial charge in [0.05, 0.1) is 11.0 Å². The molecule has 4 aromatic rings. The second kappa shape index (κ2) is 7.08. The van der Waals surface area contributed by atoms with Gasteiger partial charge in [0.1, 0.15) is 4.21 Å². The summed E-state index contributed by atoms with van der Waals surface area (Å²) in [6, 6.07) is 18.1. The zero-order valence-corrected chi connectivity index (χ0v) is 16.6. The Kier molecular flexibility index (Phi) is 4.79. The van der Waals surface area contributed by atoms with Crippen molar-refractivity contribution in [1.82, 2.24) is 8.96 Å². The normalized spacial score (nSPS) is 11.9. The molecule has 4 nitrogen and oxygen atoms in total. The van der Waals surface area contributed by atoms with Crippen LogP contribution < -0.4 is 0 Å². The number of nitrogens with zero attached hydrogens (tertiary/aromatic N) is 2. The van der Waals surface area contributed by atoms with Gasteiger partial charge in [-0.25, -0.2) is 8.96 Å². The van der Waals surface area contributed by atoms with Gasteiger partial charge in [-0.3, -0.25) is 0 Å². The molecule has 4 rings (SSSR count). The zero-order valence-electron chi connectivity index (χ0n) is 13.4. The van der Waals surface area contributed by atoms with Crippen molar-refractivity contribution in [2.24, 2.45) is 0 Å². The van der Waals surface area contributed by atoms with Crippen LogP contribution in [0.2, 0.25) is 5.02 Å². The number of halogens is 1. The minimum Gasteiger partial charge on any atom is -0.222 e. The number of fused-ring (bicyclic) bond motifs is 1. The van der Waals surface area contributed by atoms with E-state index in [-0.39, 0.29) is 0 Å². The summed E-state index contributed by atoms with van der Waals surface area (Å²) in [5.74, 6) is 0.598. The predicted molar refractivity (Wildman–Crippen MR) is 108 cm³/mol. The fourth-order valence-corrected chi connectivity index (χ4v) is 6.39. The van der Waals surface area contributed by atoms with Crippen LogP contribution in [-0.4, -0.2) is 17.4 Å². The lowest BCUT2D eigenvalue weighted by atomic mass is 10.2. The van der Waals surface area contributed by atoms with Crippen molar-refractivity contribution in [2.45, 2.75) is 15.1 Å². The molecule has 26 heavy (non-hydrogen) atoms. The Labute approximate surface area is 164 Å². The average Bonchev–Trinajstić information content (AvgIpc) is 3.29. The van der Waals surface area contributed by atoms with Gasteiger partial charge in [0, 0.05) is 10.8 Å². The molecule has 0 saturated heterocycles. The maximum absolute atomic E-state index is 13.1. The quantitative estimate of drug-likeness (QED) is 0.412. The van der Waals surface area contributed by atoms with Crippen LogP contribution in [0.25, 0.3) is 11.0 Å². The topological polar surface area (TPSA) is 52.0 Å². The summed E-state index contributed by atoms with van der Waals surface area (Å²) >= 11 is 8.51. The third kappa shape index (κ3) is 3.27. The first-order valence-electron chi connectivity index (χ1n) is 7.69. The van der Waals surface area contributed by atoms with Gasteiger partial charge in [0.15, 0.2) is 5.16 Å². The van der Waals surface area contributed by atoms with E-state index in [1.165, 1.54) is 27.1 Å². The molecule has 0 radical (unpaired) electrons. The first-order chi connectivity index (χ1) is 12.6. The van der Waals surface area contributed by atoms with E-state index in [2.05, 4.69) is 4.98 Å². The van der Waals surface area contributed by atoms with E-state index < -0.39 is 10.0 Å². The van der Waals surface area contributed by atoms with Crippen LogP contribution >= 0.6 is 34.7 Å². The van der Waals surface area contributed by atoms with Crippen LogP contribution in [0.5, 0.6) is 0 Å². The van der Waals surface area contributed by atoms with Crippen LogP contribution in [0.15, 0.2) is 75.4 Å². The van der Waals surface area contributed by atoms with Gasteiger partial charge in [0.2, 0.25) is 0 Å². The van der Waals surface area contributed by atoms with E-state index in [0.29, 0.717) is 31.2 Å². The monoisotopic (exact) mass is 420 g/mol. The van der Waals surface area contributed by atoms with Crippen molar-refractivity contribution in [3.8, 4) is 0 Å². The van der Waals surface area contributed by atoms with Gasteiger partial charge in [-0.05, 0) is 41.3 Å². The van der Waals surface area contributed by atoms with E-state index in [4.69, 9.17) is 11.6 Å². The number of imidazole rings is 1. The molecule has 0 aliphatic carbocycles. The van der Waals surface area contributed by atoms with Gasteiger partial charge in [0.25, 0.3) is 10.0 Å². The fraction of sp³-hybridized carbons (Fsp3) is 0.0556. The molecule has 0 unspecified atom stereocenters. The third-order valence-corrected chi connectivity index (χ3v) is 8.22. The Hall–Kier alpha value is -1.80. The van der Waals surface area contributed by atoms with E-state index in [0.717, 1.165) is 5.56 Å². The Morgan fingerprint density at radius 1 is 1.04 bits per heavy atom. The number of para-hydroxylation sites is 2. The van der Waals surface area contributed by atoms with E-state index in [1.54, 1.807) is 23.6 Å². The lowest BCUT2D eigenvalue weighted by molar-refractivity contribution is 0.586. The van der Waals surface area contributed by atoms with Crippen molar-refractivity contribution in [1.29, 1.82) is 0 Å². The van der Waals surface area contributed by atoms with Crippen molar-refractivity contribution >= 4 is 55.8 Å². The minimum absolute atomic E-state index is 0.300. The Balaban J connectivity index is 1.78. The molecule has 0 amide bonds. The van der Waals surface area contributed by atoms with Crippen LogP contribution in [0.3, 0.4) is 0 Å². The number of rotatable bonds is 5. The van der Waals surface area contributed by atoms with E-state index in [1.807, 2.05) is 42.5 Å². The van der Waals surface area contributed by atoms with Crippen molar-refractivity contribution in [2.75, 3.05) is 0 Å². The Bertz CT molecular complexity index is 1150. The molecule has 0 aliphatic rings. The van der Waals surface area contributed by atoms with Crippen LogP contribution in [0.1, 0.15) is 5.56 Å². The summed E-state index contributed by atoms with van der Waals surface area (Å²) < 4.78 is 27.9. The molecule has 0 N–H and O–H groups in total. The van der Waals surface area contributed by atoms with Gasteiger partial charge >= 0.3 is 0 Å². The number of hydrogen-bond acceptors (Lipinski definition) is 5. The second-order valence-electron chi connectivity index (χ2n) is 5.50. The molecule has 0 atom stereocenters. The molecule has 0 aliphatic heterocycles. The summed E-state index contributed by atoms with van der Waals surface area (Å²) in [5, 5.41) is 2.88. The average molecular weight is 421 g/mol. The van der Waals surface area contributed by atoms with Crippen molar-refractivity contribution in [3.63, 3.8) is 0 Å². The highest BCUT2D eigenvalue weighted by atomic mass is 35.5. The molecule has 0 bridgehead atoms. The lowest BCUT2D eigenvalue weighted by Gasteiger charge is -2.08. The molecule has 2 heterocycles. The predicted octanol–water partition coefficient (Wildman–Crippen LogP) is 5.28. The number of aromatic nitrogens is 2. The Morgan fingerprint density at radius 3 is 2.54 bits per heavy atom. The fourth-order valence-electron chi connectivity index (χ4n) is 2.53. The van der Waals surface area contributed by atoms with E-state index >= 15 is 0 Å². The zero-order chi connectivity index (χ0) is 18.1. The smallest absolute Gasteiger partial charge is 0.222 e. The van der Waals surface area contributed by atoms with Crippen LogP contribution in [0.4, 0.5) is 0 Å². The summed E-state index contributed by atoms with van der Waals surface area (Å²) in [6.45, 7) is 0. The second-order valence-corrected chi connectivity index (χ2v) is 9.84. The number of hydrogen-bond donors (Lipinski definition) is 0. The maximum atomic E-state index is 13.1. The third-order valence-electron chi connectivity index (χ3n) is 3.76. The number of benzene rings is 2. The summed E-state index contributed by atoms with van der Waals surface area (Å²) in [4.78, 5) is 4.55. The molecule has 2 aromatic heterocycles. The highest BCUT2D eigenvalue weighted by Gasteiger charge is 2.25. The van der Waals surface area contributed by atoms with Gasteiger partial charge < -0.3 is 0 Å². The highest BCUT2D eigenvalue weighted by molar-refractivity contribution is 7.99. The first kappa shape index (κ1) is 17.6. The van der Waals surface area contributed by atoms with E-state index in [9.17, 15) is 8.42 Å². The molecular weight excluding hydrogens is 408 g/mol. The standard InChI is InChI=1S/C18H13ClN2O2S3/c19-14-9-7-13(8-10-14)12-25-18-20-15-4-1-2-5-16(15)21(18)26(22,23)17-6-3-11-24-17/h1-11H,12H2. The summed E-state index contributed by atoms with van der Waals surface area (Å²) in [7, 11) is -3.69. The molecule has 0 spiro atoms. The number of thioether (sulfide) groups is 1. The molecule has 0 fully saturated rings. The molecule has 132 valence electrons. The molecule has 2 aromatic carbocycles. The molecular formula is C18H13ClN2O2S3. The highest BCUT2D eigenvalue weighted by Crippen LogP contribution is 2.32. The van der Waals surface area contributed by atoms with Gasteiger partial charge in [-0.1, -0.05) is 53.7 Å². The van der Waals surface area contributed by atoms with Crippen molar-refractivity contribution in [3.05, 3.63) is 76.6 Å². The van der Waals surface area contributed by atoms with Crippen LogP contribution in [0, 0.1) is 0 Å². The summed E-state index contributed by atoms with van der Waals surface area (Å²) in [6.07, 6.45) is 0.